The highest BCUT2D eigenvalue weighted by molar-refractivity contribution is 5.37. The van der Waals surface area contributed by atoms with Crippen LogP contribution in [0.2, 0.25) is 0 Å². The summed E-state index contributed by atoms with van der Waals surface area (Å²) >= 11 is 0. The molecule has 9 heteroatoms. The van der Waals surface area contributed by atoms with Gasteiger partial charge in [-0.05, 0) is 18.4 Å². The molecule has 0 radical (unpaired) electrons. The van der Waals surface area contributed by atoms with Gasteiger partial charge in [0.15, 0.2) is 0 Å². The summed E-state index contributed by atoms with van der Waals surface area (Å²) in [4.78, 5) is 2.02. The van der Waals surface area contributed by atoms with Gasteiger partial charge in [0.05, 0.1) is 18.4 Å². The molecule has 0 aromatic heterocycles. The van der Waals surface area contributed by atoms with Crippen molar-refractivity contribution in [3.63, 3.8) is 0 Å². The van der Waals surface area contributed by atoms with Gasteiger partial charge in [-0.3, -0.25) is 15.5 Å². The van der Waals surface area contributed by atoms with Gasteiger partial charge in [0.25, 0.3) is 5.92 Å². The Morgan fingerprint density at radius 1 is 1.14 bits per heavy atom. The Hall–Kier alpha value is -1.20. The third-order valence-corrected chi connectivity index (χ3v) is 7.12. The predicted molar refractivity (Wildman–Crippen MR) is 101 cm³/mol. The molecule has 1 aliphatic carbocycles. The fourth-order valence-corrected chi connectivity index (χ4v) is 5.62. The van der Waals surface area contributed by atoms with Crippen molar-refractivity contribution in [1.29, 1.82) is 0 Å². The van der Waals surface area contributed by atoms with Crippen LogP contribution in [0.25, 0.3) is 0 Å². The average molecular weight is 410 g/mol. The molecule has 6 N–H and O–H groups in total. The van der Waals surface area contributed by atoms with Crippen molar-refractivity contribution >= 4 is 0 Å². The molecule has 0 spiro atoms. The quantitative estimate of drug-likeness (QED) is 0.474. The van der Waals surface area contributed by atoms with E-state index in [1.165, 1.54) is 6.07 Å². The smallest absolute Gasteiger partial charge is 0.273 e. The first-order valence-corrected chi connectivity index (χ1v) is 10.4. The summed E-state index contributed by atoms with van der Waals surface area (Å²) in [6.07, 6.45) is -3.13. The van der Waals surface area contributed by atoms with Crippen molar-refractivity contribution in [1.82, 2.24) is 15.5 Å². The van der Waals surface area contributed by atoms with Crippen LogP contribution in [0, 0.1) is 5.92 Å². The first-order chi connectivity index (χ1) is 13.9. The number of halogens is 2. The lowest BCUT2D eigenvalue weighted by molar-refractivity contribution is -0.114. The zero-order valence-corrected chi connectivity index (χ0v) is 16.0. The molecule has 4 aliphatic rings. The van der Waals surface area contributed by atoms with Crippen molar-refractivity contribution in [2.24, 2.45) is 11.7 Å². The number of aliphatic hydroxyl groups excluding tert-OH is 2. The molecular weight excluding hydrogens is 382 g/mol. The summed E-state index contributed by atoms with van der Waals surface area (Å²) in [7, 11) is 0. The molecule has 1 aromatic rings. The Morgan fingerprint density at radius 3 is 2.76 bits per heavy atom. The molecule has 3 saturated heterocycles. The Kier molecular flexibility index (Phi) is 4.90. The minimum absolute atomic E-state index is 0.00257. The first kappa shape index (κ1) is 19.7. The van der Waals surface area contributed by atoms with Gasteiger partial charge < -0.3 is 20.7 Å². The Balaban J connectivity index is 1.40. The van der Waals surface area contributed by atoms with Gasteiger partial charge in [-0.1, -0.05) is 24.3 Å². The topological polar surface area (TPSA) is 103 Å². The first-order valence-electron chi connectivity index (χ1n) is 10.4. The molecule has 3 fully saturated rings. The predicted octanol–water partition coefficient (Wildman–Crippen LogP) is 0.186. The second-order valence-electron chi connectivity index (χ2n) is 8.66. The van der Waals surface area contributed by atoms with Crippen LogP contribution in [0.1, 0.15) is 36.3 Å². The maximum absolute atomic E-state index is 14.4. The number of nitrogens with zero attached hydrogens (tertiary/aromatic N) is 1. The number of ether oxygens (including phenoxy) is 1. The van der Waals surface area contributed by atoms with Gasteiger partial charge in [-0.25, -0.2) is 8.78 Å². The number of benzene rings is 1. The monoisotopic (exact) mass is 410 g/mol. The van der Waals surface area contributed by atoms with Gasteiger partial charge >= 0.3 is 0 Å². The van der Waals surface area contributed by atoms with E-state index in [9.17, 15) is 19.0 Å². The van der Waals surface area contributed by atoms with Crippen LogP contribution in [-0.4, -0.2) is 65.2 Å². The fraction of sp³-hybridized carbons (Fsp3) is 0.700. The Bertz CT molecular complexity index is 769. The van der Waals surface area contributed by atoms with Crippen molar-refractivity contribution < 1.29 is 23.7 Å². The maximum atomic E-state index is 14.4. The van der Waals surface area contributed by atoms with E-state index < -0.39 is 30.5 Å². The fourth-order valence-electron chi connectivity index (χ4n) is 5.62. The third kappa shape index (κ3) is 3.11. The molecular formula is C20H28F2N4O3. The Morgan fingerprint density at radius 2 is 1.93 bits per heavy atom. The number of hydrogen-bond donors (Lipinski definition) is 5. The van der Waals surface area contributed by atoms with Crippen LogP contribution in [0.15, 0.2) is 24.3 Å². The highest BCUT2D eigenvalue weighted by atomic mass is 19.3. The molecule has 3 aliphatic heterocycles. The highest BCUT2D eigenvalue weighted by Gasteiger charge is 2.55. The van der Waals surface area contributed by atoms with Crippen LogP contribution in [0.4, 0.5) is 8.78 Å². The number of hydrogen-bond acceptors (Lipinski definition) is 7. The van der Waals surface area contributed by atoms with E-state index in [0.29, 0.717) is 18.8 Å². The summed E-state index contributed by atoms with van der Waals surface area (Å²) in [5, 5.41) is 28.1. The molecule has 4 unspecified atom stereocenters. The van der Waals surface area contributed by atoms with Crippen LogP contribution in [0.3, 0.4) is 0 Å². The van der Waals surface area contributed by atoms with E-state index in [2.05, 4.69) is 10.6 Å². The summed E-state index contributed by atoms with van der Waals surface area (Å²) in [5.74, 6) is -3.10. The molecule has 0 bridgehead atoms. The molecule has 7 nitrogen and oxygen atoms in total. The van der Waals surface area contributed by atoms with E-state index in [1.807, 2.05) is 4.90 Å². The van der Waals surface area contributed by atoms with Crippen LogP contribution in [0.5, 0.6) is 0 Å². The molecule has 5 rings (SSSR count). The third-order valence-electron chi connectivity index (χ3n) is 7.12. The molecule has 0 amide bonds. The average Bonchev–Trinajstić information content (AvgIpc) is 3.25. The number of likely N-dealkylation sites (tertiary alicyclic amines) is 1. The summed E-state index contributed by atoms with van der Waals surface area (Å²) in [5.41, 5.74) is 6.66. The van der Waals surface area contributed by atoms with Gasteiger partial charge in [0.1, 0.15) is 18.4 Å². The largest absolute Gasteiger partial charge is 0.388 e. The summed E-state index contributed by atoms with van der Waals surface area (Å²) in [6.45, 7) is 1.23. The number of alkyl halides is 2. The maximum Gasteiger partial charge on any atom is 0.273 e. The van der Waals surface area contributed by atoms with E-state index in [1.54, 1.807) is 18.2 Å². The minimum Gasteiger partial charge on any atom is -0.388 e. The zero-order valence-electron chi connectivity index (χ0n) is 16.0. The van der Waals surface area contributed by atoms with Gasteiger partial charge in [-0.15, -0.1) is 0 Å². The molecule has 0 saturated carbocycles. The summed E-state index contributed by atoms with van der Waals surface area (Å²) in [6, 6.07) is 6.47. The molecule has 8 atom stereocenters. The number of nitrogens with one attached hydrogen (secondary N) is 2. The van der Waals surface area contributed by atoms with Gasteiger partial charge in [0.2, 0.25) is 0 Å². The number of aliphatic hydroxyl groups is 2. The lowest BCUT2D eigenvalue weighted by Crippen LogP contribution is -2.64. The molecule has 1 aromatic carbocycles. The van der Waals surface area contributed by atoms with E-state index >= 15 is 0 Å². The molecule has 160 valence electrons. The van der Waals surface area contributed by atoms with E-state index in [-0.39, 0.29) is 42.6 Å². The van der Waals surface area contributed by atoms with Crippen molar-refractivity contribution in [2.75, 3.05) is 13.2 Å². The van der Waals surface area contributed by atoms with Crippen molar-refractivity contribution in [2.45, 2.75) is 68.0 Å². The minimum atomic E-state index is -2.88. The molecule has 3 heterocycles. The van der Waals surface area contributed by atoms with Crippen LogP contribution < -0.4 is 16.4 Å². The van der Waals surface area contributed by atoms with Crippen molar-refractivity contribution in [3.05, 3.63) is 35.4 Å². The van der Waals surface area contributed by atoms with Crippen LogP contribution >= 0.6 is 0 Å². The SMILES string of the molecule is NC1NCNC2C1CCN2[C@@H]1O[C@H](C2CCC(F)(F)c3ccccc32)[C@@H](O)[C@H]1O. The van der Waals surface area contributed by atoms with Crippen LogP contribution in [-0.2, 0) is 10.7 Å². The number of nitrogens with two attached hydrogens (primary N) is 1. The summed E-state index contributed by atoms with van der Waals surface area (Å²) < 4.78 is 35.0. The van der Waals surface area contributed by atoms with Gasteiger partial charge in [0, 0.05) is 37.0 Å². The van der Waals surface area contributed by atoms with E-state index in [4.69, 9.17) is 10.5 Å². The number of rotatable bonds is 2. The second kappa shape index (κ2) is 7.19. The lowest BCUT2D eigenvalue weighted by Gasteiger charge is -2.40. The zero-order chi connectivity index (χ0) is 20.3. The molecule has 29 heavy (non-hydrogen) atoms. The highest BCUT2D eigenvalue weighted by Crippen LogP contribution is 2.49. The standard InChI is InChI=1S/C20H28F2N4O3/c21-20(22)7-5-11(10-3-1-2-4-13(10)20)16-14(27)15(28)19(29-16)26-8-6-12-17(23)24-9-25-18(12)26/h1-4,11-12,14-19,24-25,27-28H,5-9,23H2/t11?,12?,14-,15+,16+,17?,18?,19+/m0/s1. The van der Waals surface area contributed by atoms with Crippen molar-refractivity contribution in [3.8, 4) is 0 Å². The normalized spacial score (nSPS) is 44.4. The number of fused-ring (bicyclic) bond motifs is 2. The Labute approximate surface area is 168 Å². The second-order valence-corrected chi connectivity index (χ2v) is 8.66. The van der Waals surface area contributed by atoms with E-state index in [0.717, 1.165) is 6.42 Å². The lowest BCUT2D eigenvalue weighted by atomic mass is 9.76. The van der Waals surface area contributed by atoms with Gasteiger partial charge in [-0.2, -0.15) is 0 Å².